The summed E-state index contributed by atoms with van der Waals surface area (Å²) in [7, 11) is 0. The van der Waals surface area contributed by atoms with Crippen LogP contribution >= 0.6 is 0 Å². The number of carbonyl (C=O) groups excluding carboxylic acids is 2. The molecule has 4 aromatic carbocycles. The molecule has 16 heteroatoms. The summed E-state index contributed by atoms with van der Waals surface area (Å²) < 4.78 is 87.6. The van der Waals surface area contributed by atoms with E-state index in [0.29, 0.717) is 70.6 Å². The Kier molecular flexibility index (Phi) is 14.9. The molecule has 54 heavy (non-hydrogen) atoms. The smallest absolute Gasteiger partial charge is 0.252 e. The highest BCUT2D eigenvalue weighted by Crippen LogP contribution is 2.31. The first-order valence-corrected chi connectivity index (χ1v) is 14.9. The van der Waals surface area contributed by atoms with Gasteiger partial charge in [-0.3, -0.25) is 20.1 Å². The maximum Gasteiger partial charge on any atom is 0.252 e. The van der Waals surface area contributed by atoms with Crippen molar-refractivity contribution in [3.8, 4) is 17.6 Å². The summed E-state index contributed by atoms with van der Waals surface area (Å²) in [6, 6.07) is 15.6. The van der Waals surface area contributed by atoms with E-state index in [1.54, 1.807) is 12.1 Å². The first-order chi connectivity index (χ1) is 25.7. The van der Waals surface area contributed by atoms with E-state index in [0.717, 1.165) is 6.07 Å². The minimum absolute atomic E-state index is 0. The Balaban J connectivity index is 0.000000251. The number of hydrogen-bond donors (Lipinski definition) is 5. The molecule has 286 valence electrons. The highest BCUT2D eigenvalue weighted by atomic mass is 19.1. The summed E-state index contributed by atoms with van der Waals surface area (Å²) in [6.45, 7) is -1.20. The lowest BCUT2D eigenvalue weighted by Gasteiger charge is -2.04. The molecular formula is C38H38F4N4O8. The number of hydrogen-bond acceptors (Lipinski definition) is 10. The number of nitrogens with two attached hydrogens (primary N) is 3. The molecule has 0 spiro atoms. The molecule has 0 aliphatic carbocycles. The number of primary amides is 2. The predicted molar refractivity (Wildman–Crippen MR) is 192 cm³/mol. The van der Waals surface area contributed by atoms with E-state index in [1.165, 1.54) is 61.1 Å². The van der Waals surface area contributed by atoms with Gasteiger partial charge in [0.1, 0.15) is 52.0 Å². The average molecular weight is 757 g/mol. The minimum atomic E-state index is -2.15. The zero-order chi connectivity index (χ0) is 39.7. The van der Waals surface area contributed by atoms with Crippen LogP contribution in [0.3, 0.4) is 0 Å². The van der Waals surface area contributed by atoms with Crippen LogP contribution in [0.2, 0.25) is 0 Å². The van der Waals surface area contributed by atoms with E-state index in [4.69, 9.17) is 54.0 Å². The quantitative estimate of drug-likeness (QED) is 0.0680. The number of furan rings is 2. The van der Waals surface area contributed by atoms with Gasteiger partial charge in [-0.15, -0.1) is 0 Å². The van der Waals surface area contributed by atoms with E-state index in [1.807, 2.05) is 0 Å². The maximum absolute atomic E-state index is 13.4. The zero-order valence-electron chi connectivity index (χ0n) is 28.8. The molecule has 12 nitrogen and oxygen atoms in total. The van der Waals surface area contributed by atoms with Crippen molar-refractivity contribution in [2.45, 2.75) is 34.2 Å². The molecule has 0 unspecified atom stereocenters. The maximum atomic E-state index is 13.4. The highest BCUT2D eigenvalue weighted by molar-refractivity contribution is 6.05. The average Bonchev–Trinajstić information content (AvgIpc) is 3.96. The molecular weight excluding hydrogens is 716 g/mol. The highest BCUT2D eigenvalue weighted by Gasteiger charge is 2.22. The number of nitrogens with zero attached hydrogens (tertiary/aromatic N) is 1. The second-order valence-electron chi connectivity index (χ2n) is 10.5. The van der Waals surface area contributed by atoms with Crippen LogP contribution < -0.4 is 26.7 Å². The molecule has 8 N–H and O–H groups in total. The number of nitriles is 1. The van der Waals surface area contributed by atoms with Gasteiger partial charge in [-0.05, 0) is 60.7 Å². The predicted octanol–water partition coefficient (Wildman–Crippen LogP) is 7.48. The van der Waals surface area contributed by atoms with Crippen molar-refractivity contribution < 1.29 is 58.7 Å². The van der Waals surface area contributed by atoms with Gasteiger partial charge in [0.05, 0.1) is 42.4 Å². The third kappa shape index (κ3) is 9.52. The fourth-order valence-corrected chi connectivity index (χ4v) is 5.31. The fourth-order valence-electron chi connectivity index (χ4n) is 5.31. The lowest BCUT2D eigenvalue weighted by atomic mass is 10.0. The summed E-state index contributed by atoms with van der Waals surface area (Å²) in [5, 5.41) is 21.5. The fraction of sp³-hybridized carbons (Fsp3) is 0.184. The lowest BCUT2D eigenvalue weighted by molar-refractivity contribution is -0.176. The van der Waals surface area contributed by atoms with Crippen molar-refractivity contribution >= 4 is 33.8 Å². The van der Waals surface area contributed by atoms with E-state index in [9.17, 15) is 27.2 Å². The van der Waals surface area contributed by atoms with Crippen LogP contribution in [0, 0.1) is 34.6 Å². The largest absolute Gasteiger partial charge is 0.493 e. The molecule has 8 rings (SSSR count). The van der Waals surface area contributed by atoms with Crippen molar-refractivity contribution in [2.75, 3.05) is 13.2 Å². The van der Waals surface area contributed by atoms with Crippen LogP contribution in [-0.2, 0) is 19.3 Å². The van der Waals surface area contributed by atoms with Gasteiger partial charge < -0.3 is 35.5 Å². The van der Waals surface area contributed by atoms with E-state index in [2.05, 4.69) is 0 Å². The molecule has 0 saturated carbocycles. The first kappa shape index (κ1) is 40.4. The van der Waals surface area contributed by atoms with Crippen LogP contribution in [0.5, 0.6) is 11.5 Å². The zero-order valence-corrected chi connectivity index (χ0v) is 26.8. The van der Waals surface area contributed by atoms with Gasteiger partial charge in [0.2, 0.25) is 0 Å². The third-order valence-corrected chi connectivity index (χ3v) is 7.58. The number of amides is 2. The van der Waals surface area contributed by atoms with E-state index >= 15 is 0 Å². The number of halogens is 4. The van der Waals surface area contributed by atoms with Gasteiger partial charge in [0.25, 0.3) is 11.8 Å². The van der Waals surface area contributed by atoms with Crippen LogP contribution in [0.25, 0.3) is 21.9 Å². The lowest BCUT2D eigenvalue weighted by Crippen LogP contribution is -2.15. The Hall–Kier alpha value is -6.41. The molecule has 0 bridgehead atoms. The first-order valence-electron chi connectivity index (χ1n) is 15.9. The number of ether oxygens (including phenoxy) is 2. The Bertz CT molecular complexity index is 2360. The van der Waals surface area contributed by atoms with Gasteiger partial charge in [-0.2, -0.15) is 5.26 Å². The standard InChI is InChI=1S/C9H8FNO2.C9H6FNO2.C9H10FNO.C9H4FNO.2CH4.H2O2/c2*10-6-1-2-7-5(3-4-13-7)8(6)9(11)12;2*10-8-1-2-9-6(3-4-12-9)7(8)5-11;;;1-2/h1-2H,3-4H2,(H2,11,12);1-4H,(H2,11,12);1-2H,3-5,11H2;1-4H;2*1H4;1-2H/i;;5D2;;;;. The number of rotatable bonds is 3. The Labute approximate surface area is 309 Å². The molecule has 2 aliphatic heterocycles. The summed E-state index contributed by atoms with van der Waals surface area (Å²) in [6.07, 6.45) is 3.88. The molecule has 6 aromatic rings. The SMILES string of the molecule is C.C.N#Cc1c(F)ccc2occc12.NC(=O)c1c(F)ccc2c1CCO2.NC(=O)c1c(F)ccc2occc12.OO.[2H]C([2H])(N)c1c(F)ccc2c1CCO2. The van der Waals surface area contributed by atoms with Gasteiger partial charge in [0, 0.05) is 49.5 Å². The molecule has 2 amide bonds. The Morgan fingerprint density at radius 2 is 1.17 bits per heavy atom. The molecule has 0 saturated heterocycles. The van der Waals surface area contributed by atoms with Gasteiger partial charge in [0.15, 0.2) is 0 Å². The number of benzene rings is 4. The second-order valence-corrected chi connectivity index (χ2v) is 10.5. The molecule has 2 aromatic heterocycles. The van der Waals surface area contributed by atoms with Crippen LogP contribution in [0.1, 0.15) is 60.6 Å². The van der Waals surface area contributed by atoms with Crippen LogP contribution in [0.15, 0.2) is 82.0 Å². The van der Waals surface area contributed by atoms with Gasteiger partial charge in [-0.25, -0.2) is 17.6 Å². The van der Waals surface area contributed by atoms with Gasteiger partial charge in [-0.1, -0.05) is 14.9 Å². The minimum Gasteiger partial charge on any atom is -0.493 e. The molecule has 2 aliphatic rings. The number of fused-ring (bicyclic) bond motifs is 4. The van der Waals surface area contributed by atoms with Crippen molar-refractivity contribution in [3.05, 3.63) is 130 Å². The monoisotopic (exact) mass is 756 g/mol. The molecule has 4 heterocycles. The molecule has 0 radical (unpaired) electrons. The van der Waals surface area contributed by atoms with Crippen LogP contribution in [0.4, 0.5) is 17.6 Å². The number of carbonyl (C=O) groups is 2. The van der Waals surface area contributed by atoms with Gasteiger partial charge >= 0.3 is 0 Å². The van der Waals surface area contributed by atoms with Crippen molar-refractivity contribution in [3.63, 3.8) is 0 Å². The topological polar surface area (TPSA) is 221 Å². The van der Waals surface area contributed by atoms with E-state index in [-0.39, 0.29) is 37.1 Å². The van der Waals surface area contributed by atoms with Crippen molar-refractivity contribution in [2.24, 2.45) is 17.2 Å². The summed E-state index contributed by atoms with van der Waals surface area (Å²) in [5.41, 5.74) is 17.3. The van der Waals surface area contributed by atoms with Crippen molar-refractivity contribution in [1.29, 1.82) is 5.26 Å². The summed E-state index contributed by atoms with van der Waals surface area (Å²) in [5.74, 6) is -2.73. The normalized spacial score (nSPS) is 12.1. The molecule has 0 fully saturated rings. The second kappa shape index (κ2) is 20.0. The Morgan fingerprint density at radius 3 is 1.72 bits per heavy atom. The molecule has 0 atom stereocenters. The third-order valence-electron chi connectivity index (χ3n) is 7.58. The Morgan fingerprint density at radius 1 is 0.704 bits per heavy atom. The van der Waals surface area contributed by atoms with Crippen LogP contribution in [-0.4, -0.2) is 35.5 Å². The summed E-state index contributed by atoms with van der Waals surface area (Å²) >= 11 is 0. The van der Waals surface area contributed by atoms with Crippen molar-refractivity contribution in [1.82, 2.24) is 0 Å². The summed E-state index contributed by atoms with van der Waals surface area (Å²) in [4.78, 5) is 21.8. The van der Waals surface area contributed by atoms with E-state index < -0.39 is 41.6 Å².